The Balaban J connectivity index is 1.58. The normalized spacial score (nSPS) is 10.9. The summed E-state index contributed by atoms with van der Waals surface area (Å²) in [7, 11) is 0. The predicted octanol–water partition coefficient (Wildman–Crippen LogP) is 4.59. The van der Waals surface area contributed by atoms with E-state index < -0.39 is 0 Å². The van der Waals surface area contributed by atoms with Gasteiger partial charge < -0.3 is 11.1 Å². The second-order valence-electron chi connectivity index (χ2n) is 7.86. The van der Waals surface area contributed by atoms with Gasteiger partial charge >= 0.3 is 0 Å². The molecule has 0 radical (unpaired) electrons. The highest BCUT2D eigenvalue weighted by Crippen LogP contribution is 2.25. The Labute approximate surface area is 195 Å². The molecule has 3 N–H and O–H groups in total. The number of nitrogens with zero attached hydrogens (tertiary/aromatic N) is 3. The number of nitrogens with one attached hydrogen (secondary N) is 1. The number of amides is 1. The molecular formula is C27H21N5O2. The Morgan fingerprint density at radius 3 is 2.35 bits per heavy atom. The Morgan fingerprint density at radius 1 is 0.912 bits per heavy atom. The van der Waals surface area contributed by atoms with Crippen molar-refractivity contribution in [3.63, 3.8) is 0 Å². The fourth-order valence-electron chi connectivity index (χ4n) is 3.85. The molecular weight excluding hydrogens is 426 g/mol. The van der Waals surface area contributed by atoms with Crippen molar-refractivity contribution in [1.29, 1.82) is 0 Å². The van der Waals surface area contributed by atoms with Crippen LogP contribution >= 0.6 is 0 Å². The number of benzene rings is 3. The van der Waals surface area contributed by atoms with E-state index in [0.717, 1.165) is 5.56 Å². The third kappa shape index (κ3) is 3.91. The van der Waals surface area contributed by atoms with Crippen LogP contribution < -0.4 is 16.6 Å². The van der Waals surface area contributed by atoms with Crippen LogP contribution in [0.15, 0.2) is 95.9 Å². The fraction of sp³-hybridized carbons (Fsp3) is 0.0370. The summed E-state index contributed by atoms with van der Waals surface area (Å²) in [6, 6.07) is 25.5. The minimum absolute atomic E-state index is 0.119. The smallest absolute Gasteiger partial charge is 0.267 e. The first-order chi connectivity index (χ1) is 16.5. The second-order valence-corrected chi connectivity index (χ2v) is 7.86. The molecule has 34 heavy (non-hydrogen) atoms. The van der Waals surface area contributed by atoms with Gasteiger partial charge in [0.1, 0.15) is 0 Å². The Hall–Kier alpha value is -4.78. The molecule has 7 heteroatoms. The molecule has 3 aromatic carbocycles. The van der Waals surface area contributed by atoms with Gasteiger partial charge in [0.15, 0.2) is 0 Å². The molecule has 0 aliphatic rings. The van der Waals surface area contributed by atoms with E-state index in [1.807, 2.05) is 54.6 Å². The van der Waals surface area contributed by atoms with E-state index in [1.54, 1.807) is 43.5 Å². The zero-order valence-corrected chi connectivity index (χ0v) is 18.4. The Kier molecular flexibility index (Phi) is 5.35. The molecule has 0 unspecified atom stereocenters. The Bertz CT molecular complexity index is 1580. The lowest BCUT2D eigenvalue weighted by Crippen LogP contribution is -2.23. The van der Waals surface area contributed by atoms with E-state index in [4.69, 9.17) is 5.73 Å². The van der Waals surface area contributed by atoms with E-state index >= 15 is 0 Å². The molecule has 5 aromatic rings. The highest BCUT2D eigenvalue weighted by molar-refractivity contribution is 6.05. The summed E-state index contributed by atoms with van der Waals surface area (Å²) in [6.45, 7) is 1.79. The van der Waals surface area contributed by atoms with Crippen LogP contribution in [0.4, 0.5) is 11.6 Å². The number of para-hydroxylation sites is 2. The standard InChI is InChI=1S/C27H21N5O2/c1-17-22(25(33)30-20-8-4-2-5-9-20)15-19(16-29-17)18-12-13-24-23(14-18)26(34)32(27(28)31-24)21-10-6-3-7-11-21/h2-16H,1H3,(H2,28,31)(H,30,33). The van der Waals surface area contributed by atoms with Crippen LogP contribution in [0.2, 0.25) is 0 Å². The molecule has 0 bridgehead atoms. The molecule has 7 nitrogen and oxygen atoms in total. The highest BCUT2D eigenvalue weighted by atomic mass is 16.1. The lowest BCUT2D eigenvalue weighted by Gasteiger charge is -2.12. The van der Waals surface area contributed by atoms with Crippen LogP contribution in [0, 0.1) is 6.92 Å². The van der Waals surface area contributed by atoms with Gasteiger partial charge in [-0.2, -0.15) is 0 Å². The molecule has 0 saturated heterocycles. The van der Waals surface area contributed by atoms with Crippen LogP contribution in [0.25, 0.3) is 27.7 Å². The molecule has 0 aliphatic heterocycles. The Morgan fingerprint density at radius 2 is 1.62 bits per heavy atom. The molecule has 0 aliphatic carbocycles. The molecule has 5 rings (SSSR count). The van der Waals surface area contributed by atoms with Crippen molar-refractivity contribution < 1.29 is 4.79 Å². The van der Waals surface area contributed by atoms with Crippen LogP contribution in [-0.2, 0) is 0 Å². The van der Waals surface area contributed by atoms with Crippen molar-refractivity contribution in [3.8, 4) is 16.8 Å². The zero-order valence-electron chi connectivity index (χ0n) is 18.4. The monoisotopic (exact) mass is 447 g/mol. The summed E-state index contributed by atoms with van der Waals surface area (Å²) >= 11 is 0. The molecule has 2 aromatic heterocycles. The number of nitrogen functional groups attached to an aromatic ring is 1. The van der Waals surface area contributed by atoms with Gasteiger partial charge in [-0.25, -0.2) is 9.55 Å². The van der Waals surface area contributed by atoms with Crippen molar-refractivity contribution in [2.45, 2.75) is 6.92 Å². The van der Waals surface area contributed by atoms with Crippen LogP contribution in [0.1, 0.15) is 16.1 Å². The van der Waals surface area contributed by atoms with Gasteiger partial charge in [-0.3, -0.25) is 14.6 Å². The molecule has 166 valence electrons. The van der Waals surface area contributed by atoms with E-state index in [0.29, 0.717) is 39.1 Å². The summed E-state index contributed by atoms with van der Waals surface area (Å²) in [4.78, 5) is 35.1. The summed E-state index contributed by atoms with van der Waals surface area (Å²) in [5, 5.41) is 3.31. The van der Waals surface area contributed by atoms with E-state index in [2.05, 4.69) is 15.3 Å². The number of fused-ring (bicyclic) bond motifs is 1. The largest absolute Gasteiger partial charge is 0.369 e. The van der Waals surface area contributed by atoms with Crippen molar-refractivity contribution in [2.75, 3.05) is 11.1 Å². The maximum Gasteiger partial charge on any atom is 0.267 e. The minimum atomic E-state index is -0.266. The maximum atomic E-state index is 13.3. The van der Waals surface area contributed by atoms with Crippen molar-refractivity contribution in [1.82, 2.24) is 14.5 Å². The number of hydrogen-bond acceptors (Lipinski definition) is 5. The molecule has 2 heterocycles. The van der Waals surface area contributed by atoms with Gasteiger partial charge in [-0.05, 0) is 55.0 Å². The number of carbonyl (C=O) groups excluding carboxylic acids is 1. The van der Waals surface area contributed by atoms with E-state index in [1.165, 1.54) is 4.57 Å². The van der Waals surface area contributed by atoms with Crippen LogP contribution in [0.5, 0.6) is 0 Å². The number of aromatic nitrogens is 3. The maximum absolute atomic E-state index is 13.3. The van der Waals surface area contributed by atoms with Crippen molar-refractivity contribution in [2.24, 2.45) is 0 Å². The van der Waals surface area contributed by atoms with Crippen LogP contribution in [0.3, 0.4) is 0 Å². The quantitative estimate of drug-likeness (QED) is 0.419. The molecule has 0 fully saturated rings. The first-order valence-corrected chi connectivity index (χ1v) is 10.7. The van der Waals surface area contributed by atoms with Gasteiger partial charge in [0.05, 0.1) is 27.8 Å². The van der Waals surface area contributed by atoms with E-state index in [9.17, 15) is 9.59 Å². The molecule has 0 atom stereocenters. The summed E-state index contributed by atoms with van der Waals surface area (Å²) in [5.41, 5.74) is 10.2. The summed E-state index contributed by atoms with van der Waals surface area (Å²) in [5.74, 6) is -0.131. The fourth-order valence-corrected chi connectivity index (χ4v) is 3.85. The van der Waals surface area contributed by atoms with Gasteiger partial charge in [-0.1, -0.05) is 42.5 Å². The van der Waals surface area contributed by atoms with Crippen molar-refractivity contribution in [3.05, 3.63) is 113 Å². The number of hydrogen-bond donors (Lipinski definition) is 2. The lowest BCUT2D eigenvalue weighted by atomic mass is 10.0. The first-order valence-electron chi connectivity index (χ1n) is 10.7. The molecule has 0 saturated carbocycles. The average molecular weight is 447 g/mol. The predicted molar refractivity (Wildman–Crippen MR) is 134 cm³/mol. The topological polar surface area (TPSA) is 103 Å². The zero-order chi connectivity index (χ0) is 23.7. The minimum Gasteiger partial charge on any atom is -0.369 e. The summed E-state index contributed by atoms with van der Waals surface area (Å²) < 4.78 is 1.39. The second kappa shape index (κ2) is 8.63. The third-order valence-electron chi connectivity index (χ3n) is 5.61. The number of nitrogens with two attached hydrogens (primary N) is 1. The van der Waals surface area contributed by atoms with E-state index in [-0.39, 0.29) is 17.4 Å². The highest BCUT2D eigenvalue weighted by Gasteiger charge is 2.15. The van der Waals surface area contributed by atoms with Crippen LogP contribution in [-0.4, -0.2) is 20.4 Å². The third-order valence-corrected chi connectivity index (χ3v) is 5.61. The average Bonchev–Trinajstić information content (AvgIpc) is 2.85. The number of pyridine rings is 1. The number of rotatable bonds is 4. The van der Waals surface area contributed by atoms with Gasteiger partial charge in [-0.15, -0.1) is 0 Å². The lowest BCUT2D eigenvalue weighted by molar-refractivity contribution is 0.102. The number of anilines is 2. The molecule has 1 amide bonds. The SMILES string of the molecule is Cc1ncc(-c2ccc3nc(N)n(-c4ccccc4)c(=O)c3c2)cc1C(=O)Nc1ccccc1. The van der Waals surface area contributed by atoms with Gasteiger partial charge in [0.25, 0.3) is 11.5 Å². The van der Waals surface area contributed by atoms with Crippen molar-refractivity contribution >= 4 is 28.4 Å². The first kappa shape index (κ1) is 21.1. The van der Waals surface area contributed by atoms with Gasteiger partial charge in [0, 0.05) is 17.4 Å². The number of aryl methyl sites for hydroxylation is 1. The summed E-state index contributed by atoms with van der Waals surface area (Å²) in [6.07, 6.45) is 1.69. The molecule has 0 spiro atoms. The number of carbonyl (C=O) groups is 1. The van der Waals surface area contributed by atoms with Gasteiger partial charge in [0.2, 0.25) is 5.95 Å².